The highest BCUT2D eigenvalue weighted by atomic mass is 35.5. The molecule has 0 spiro atoms. The Bertz CT molecular complexity index is 653. The molecule has 2 N–H and O–H groups in total. The van der Waals surface area contributed by atoms with Crippen LogP contribution in [0.25, 0.3) is 0 Å². The molecule has 0 aromatic heterocycles. The molecule has 108 valence electrons. The second-order valence-electron chi connectivity index (χ2n) is 5.39. The lowest BCUT2D eigenvalue weighted by Gasteiger charge is -2.20. The SMILES string of the molecule is O=C(NC1(c2cccc(Cl)c2)CC1)C(O)c1ccccc1. The van der Waals surface area contributed by atoms with Crippen LogP contribution in [0.15, 0.2) is 54.6 Å². The quantitative estimate of drug-likeness (QED) is 0.911. The smallest absolute Gasteiger partial charge is 0.254 e. The summed E-state index contributed by atoms with van der Waals surface area (Å²) in [5.41, 5.74) is 1.21. The molecule has 0 heterocycles. The predicted octanol–water partition coefficient (Wildman–Crippen LogP) is 3.18. The summed E-state index contributed by atoms with van der Waals surface area (Å²) in [6.07, 6.45) is 0.573. The van der Waals surface area contributed by atoms with E-state index in [0.717, 1.165) is 18.4 Å². The Kier molecular flexibility index (Phi) is 3.70. The van der Waals surface area contributed by atoms with Crippen molar-refractivity contribution in [3.63, 3.8) is 0 Å². The van der Waals surface area contributed by atoms with Gasteiger partial charge >= 0.3 is 0 Å². The molecule has 1 unspecified atom stereocenters. The van der Waals surface area contributed by atoms with Gasteiger partial charge in [0.15, 0.2) is 6.10 Å². The number of amides is 1. The summed E-state index contributed by atoms with van der Waals surface area (Å²) in [6.45, 7) is 0. The lowest BCUT2D eigenvalue weighted by atomic mass is 10.0. The number of hydrogen-bond acceptors (Lipinski definition) is 2. The molecule has 1 aliphatic rings. The number of rotatable bonds is 4. The minimum Gasteiger partial charge on any atom is -0.378 e. The third-order valence-electron chi connectivity index (χ3n) is 3.85. The molecule has 3 nitrogen and oxygen atoms in total. The number of nitrogens with one attached hydrogen (secondary N) is 1. The maximum absolute atomic E-state index is 12.3. The number of aliphatic hydroxyl groups excluding tert-OH is 1. The van der Waals surface area contributed by atoms with E-state index in [1.165, 1.54) is 0 Å². The van der Waals surface area contributed by atoms with Crippen molar-refractivity contribution < 1.29 is 9.90 Å². The zero-order valence-corrected chi connectivity index (χ0v) is 12.2. The Balaban J connectivity index is 1.76. The molecule has 4 heteroatoms. The van der Waals surface area contributed by atoms with Gasteiger partial charge in [0.1, 0.15) is 0 Å². The van der Waals surface area contributed by atoms with Gasteiger partial charge in [-0.25, -0.2) is 0 Å². The second kappa shape index (κ2) is 5.51. The molecule has 1 atom stereocenters. The van der Waals surface area contributed by atoms with Crippen LogP contribution in [0.1, 0.15) is 30.1 Å². The standard InChI is InChI=1S/C17H16ClNO2/c18-14-8-4-7-13(11-14)17(9-10-17)19-16(21)15(20)12-5-2-1-3-6-12/h1-8,11,15,20H,9-10H2,(H,19,21). The van der Waals surface area contributed by atoms with Crippen molar-refractivity contribution in [2.45, 2.75) is 24.5 Å². The monoisotopic (exact) mass is 301 g/mol. The van der Waals surface area contributed by atoms with Crippen LogP contribution in [0.5, 0.6) is 0 Å². The van der Waals surface area contributed by atoms with Gasteiger partial charge in [-0.05, 0) is 36.1 Å². The van der Waals surface area contributed by atoms with E-state index in [2.05, 4.69) is 5.32 Å². The van der Waals surface area contributed by atoms with Crippen LogP contribution in [-0.2, 0) is 10.3 Å². The van der Waals surface area contributed by atoms with Gasteiger partial charge in [-0.1, -0.05) is 54.1 Å². The van der Waals surface area contributed by atoms with Gasteiger partial charge in [-0.15, -0.1) is 0 Å². The Morgan fingerprint density at radius 3 is 2.48 bits per heavy atom. The summed E-state index contributed by atoms with van der Waals surface area (Å²) < 4.78 is 0. The normalized spacial score (nSPS) is 17.0. The molecule has 1 saturated carbocycles. The van der Waals surface area contributed by atoms with Crippen molar-refractivity contribution in [1.29, 1.82) is 0 Å². The van der Waals surface area contributed by atoms with Crippen LogP contribution in [0, 0.1) is 0 Å². The van der Waals surface area contributed by atoms with E-state index in [4.69, 9.17) is 11.6 Å². The number of aliphatic hydroxyl groups is 1. The van der Waals surface area contributed by atoms with Crippen molar-refractivity contribution in [3.05, 3.63) is 70.7 Å². The average Bonchev–Trinajstić information content (AvgIpc) is 3.28. The Hall–Kier alpha value is -1.84. The van der Waals surface area contributed by atoms with Crippen LogP contribution in [0.3, 0.4) is 0 Å². The van der Waals surface area contributed by atoms with Crippen molar-refractivity contribution in [2.24, 2.45) is 0 Å². The third-order valence-corrected chi connectivity index (χ3v) is 4.09. The molecule has 21 heavy (non-hydrogen) atoms. The number of carbonyl (C=O) groups is 1. The highest BCUT2D eigenvalue weighted by Gasteiger charge is 2.46. The van der Waals surface area contributed by atoms with Crippen LogP contribution >= 0.6 is 11.6 Å². The van der Waals surface area contributed by atoms with Gasteiger partial charge in [-0.2, -0.15) is 0 Å². The molecule has 1 aliphatic carbocycles. The van der Waals surface area contributed by atoms with E-state index in [1.54, 1.807) is 24.3 Å². The number of hydrogen-bond donors (Lipinski definition) is 2. The fourth-order valence-corrected chi connectivity index (χ4v) is 2.68. The van der Waals surface area contributed by atoms with Crippen molar-refractivity contribution in [3.8, 4) is 0 Å². The lowest BCUT2D eigenvalue weighted by molar-refractivity contribution is -0.130. The van der Waals surface area contributed by atoms with E-state index in [1.807, 2.05) is 30.3 Å². The zero-order valence-electron chi connectivity index (χ0n) is 11.4. The molecule has 0 bridgehead atoms. The van der Waals surface area contributed by atoms with Gasteiger partial charge in [0.05, 0.1) is 5.54 Å². The molecular formula is C17H16ClNO2. The fourth-order valence-electron chi connectivity index (χ4n) is 2.49. The summed E-state index contributed by atoms with van der Waals surface area (Å²) in [5, 5.41) is 13.8. The molecule has 2 aromatic rings. The Morgan fingerprint density at radius 2 is 1.86 bits per heavy atom. The van der Waals surface area contributed by atoms with Gasteiger partial charge in [0, 0.05) is 5.02 Å². The molecule has 2 aromatic carbocycles. The lowest BCUT2D eigenvalue weighted by Crippen LogP contribution is -2.38. The second-order valence-corrected chi connectivity index (χ2v) is 5.83. The molecule has 1 fully saturated rings. The summed E-state index contributed by atoms with van der Waals surface area (Å²) in [4.78, 5) is 12.3. The number of halogens is 1. The molecule has 0 radical (unpaired) electrons. The van der Waals surface area contributed by atoms with E-state index in [-0.39, 0.29) is 11.4 Å². The summed E-state index contributed by atoms with van der Waals surface area (Å²) in [7, 11) is 0. The minimum absolute atomic E-state index is 0.376. The van der Waals surface area contributed by atoms with Crippen LogP contribution in [-0.4, -0.2) is 11.0 Å². The predicted molar refractivity (Wildman–Crippen MR) is 81.9 cm³/mol. The van der Waals surface area contributed by atoms with Crippen LogP contribution in [0.4, 0.5) is 0 Å². The summed E-state index contributed by atoms with van der Waals surface area (Å²) in [6, 6.07) is 16.4. The first-order valence-corrected chi connectivity index (χ1v) is 7.30. The zero-order chi connectivity index (χ0) is 14.9. The largest absolute Gasteiger partial charge is 0.378 e. The van der Waals surface area contributed by atoms with E-state index >= 15 is 0 Å². The maximum atomic E-state index is 12.3. The molecule has 0 saturated heterocycles. The third kappa shape index (κ3) is 2.94. The van der Waals surface area contributed by atoms with Crippen molar-refractivity contribution in [2.75, 3.05) is 0 Å². The van der Waals surface area contributed by atoms with Gasteiger partial charge in [-0.3, -0.25) is 4.79 Å². The Labute approximate surface area is 128 Å². The number of benzene rings is 2. The first-order valence-electron chi connectivity index (χ1n) is 6.92. The minimum atomic E-state index is -1.15. The molecule has 1 amide bonds. The molecule has 0 aliphatic heterocycles. The van der Waals surface area contributed by atoms with E-state index in [9.17, 15) is 9.90 Å². The van der Waals surface area contributed by atoms with Gasteiger partial charge in [0.2, 0.25) is 0 Å². The Morgan fingerprint density at radius 1 is 1.14 bits per heavy atom. The van der Waals surface area contributed by atoms with Crippen LogP contribution < -0.4 is 5.32 Å². The fraction of sp³-hybridized carbons (Fsp3) is 0.235. The highest BCUT2D eigenvalue weighted by molar-refractivity contribution is 6.30. The van der Waals surface area contributed by atoms with E-state index in [0.29, 0.717) is 10.6 Å². The van der Waals surface area contributed by atoms with Gasteiger partial charge in [0.25, 0.3) is 5.91 Å². The topological polar surface area (TPSA) is 49.3 Å². The van der Waals surface area contributed by atoms with E-state index < -0.39 is 6.10 Å². The molecular weight excluding hydrogens is 286 g/mol. The summed E-state index contributed by atoms with van der Waals surface area (Å²) >= 11 is 6.01. The first kappa shape index (κ1) is 14.1. The van der Waals surface area contributed by atoms with Crippen molar-refractivity contribution in [1.82, 2.24) is 5.32 Å². The first-order chi connectivity index (χ1) is 10.1. The van der Waals surface area contributed by atoms with Crippen LogP contribution in [0.2, 0.25) is 5.02 Å². The highest BCUT2D eigenvalue weighted by Crippen LogP contribution is 2.46. The average molecular weight is 302 g/mol. The van der Waals surface area contributed by atoms with Gasteiger partial charge < -0.3 is 10.4 Å². The van der Waals surface area contributed by atoms with Crippen molar-refractivity contribution >= 4 is 17.5 Å². The summed E-state index contributed by atoms with van der Waals surface area (Å²) in [5.74, 6) is -0.376. The maximum Gasteiger partial charge on any atom is 0.254 e. The number of carbonyl (C=O) groups excluding carboxylic acids is 1. The molecule has 3 rings (SSSR count).